The largest absolute Gasteiger partial charge is 0.432 e. The Bertz CT molecular complexity index is 737. The number of carbonyl (C=O) groups excluding carboxylic acids is 1. The molecule has 1 aliphatic heterocycles. The predicted molar refractivity (Wildman–Crippen MR) is 95.1 cm³/mol. The predicted octanol–water partition coefficient (Wildman–Crippen LogP) is 3.78. The first-order chi connectivity index (χ1) is 12.9. The highest BCUT2D eigenvalue weighted by molar-refractivity contribution is 5.92. The molecule has 0 radical (unpaired) electrons. The van der Waals surface area contributed by atoms with E-state index in [0.717, 1.165) is 37.6 Å². The molecule has 1 saturated heterocycles. The van der Waals surface area contributed by atoms with E-state index in [9.17, 15) is 18.0 Å². The van der Waals surface area contributed by atoms with Crippen LogP contribution >= 0.6 is 0 Å². The second-order valence-corrected chi connectivity index (χ2v) is 6.75. The van der Waals surface area contributed by atoms with Crippen molar-refractivity contribution in [1.29, 1.82) is 0 Å². The summed E-state index contributed by atoms with van der Waals surface area (Å²) in [5.41, 5.74) is -0.206. The summed E-state index contributed by atoms with van der Waals surface area (Å²) < 4.78 is 38.0. The van der Waals surface area contributed by atoms with Gasteiger partial charge in [-0.2, -0.15) is 18.3 Å². The van der Waals surface area contributed by atoms with Crippen molar-refractivity contribution in [3.63, 3.8) is 0 Å². The van der Waals surface area contributed by atoms with Crippen molar-refractivity contribution in [3.8, 4) is 0 Å². The maximum absolute atomic E-state index is 12.7. The van der Waals surface area contributed by atoms with Crippen LogP contribution in [-0.2, 0) is 6.18 Å². The van der Waals surface area contributed by atoms with Gasteiger partial charge in [0.2, 0.25) is 0 Å². The SMILES string of the molecule is O=C(NCC(c1ccccc1)N1CCCCCC1)c1cc(C(F)(F)F)[nH]n1. The van der Waals surface area contributed by atoms with Crippen molar-refractivity contribution in [2.45, 2.75) is 37.9 Å². The number of H-pyrrole nitrogens is 1. The Hall–Kier alpha value is -2.35. The van der Waals surface area contributed by atoms with Crippen LogP contribution in [0.4, 0.5) is 13.2 Å². The molecule has 1 atom stereocenters. The lowest BCUT2D eigenvalue weighted by molar-refractivity contribution is -0.141. The molecule has 27 heavy (non-hydrogen) atoms. The lowest BCUT2D eigenvalue weighted by atomic mass is 10.0. The number of benzene rings is 1. The highest BCUT2D eigenvalue weighted by atomic mass is 19.4. The van der Waals surface area contributed by atoms with Crippen LogP contribution in [-0.4, -0.2) is 40.6 Å². The number of likely N-dealkylation sites (tertiary alicyclic amines) is 1. The number of carbonyl (C=O) groups is 1. The van der Waals surface area contributed by atoms with E-state index in [0.29, 0.717) is 6.54 Å². The van der Waals surface area contributed by atoms with Crippen molar-refractivity contribution in [2.75, 3.05) is 19.6 Å². The van der Waals surface area contributed by atoms with Gasteiger partial charge in [-0.25, -0.2) is 0 Å². The number of nitrogens with zero attached hydrogens (tertiary/aromatic N) is 2. The zero-order valence-corrected chi connectivity index (χ0v) is 14.9. The zero-order chi connectivity index (χ0) is 19.3. The van der Waals surface area contributed by atoms with E-state index in [1.54, 1.807) is 0 Å². The molecule has 8 heteroatoms. The third kappa shape index (κ3) is 5.09. The third-order valence-corrected chi connectivity index (χ3v) is 4.84. The summed E-state index contributed by atoms with van der Waals surface area (Å²) in [5.74, 6) is -0.613. The standard InChI is InChI=1S/C19H23F3N4O/c20-19(21,22)17-12-15(24-25-17)18(27)23-13-16(14-8-4-3-5-9-14)26-10-6-1-2-7-11-26/h3-5,8-9,12,16H,1-2,6-7,10-11,13H2,(H,23,27)(H,24,25). The third-order valence-electron chi connectivity index (χ3n) is 4.84. The molecule has 1 unspecified atom stereocenters. The molecule has 1 fully saturated rings. The molecule has 0 spiro atoms. The van der Waals surface area contributed by atoms with Crippen LogP contribution in [0.1, 0.15) is 53.5 Å². The number of nitrogens with one attached hydrogen (secondary N) is 2. The van der Waals surface area contributed by atoms with Gasteiger partial charge >= 0.3 is 6.18 Å². The van der Waals surface area contributed by atoms with E-state index in [2.05, 4.69) is 15.3 Å². The lowest BCUT2D eigenvalue weighted by Crippen LogP contribution is -2.38. The molecule has 3 rings (SSSR count). The van der Waals surface area contributed by atoms with Gasteiger partial charge in [-0.3, -0.25) is 14.8 Å². The zero-order valence-electron chi connectivity index (χ0n) is 14.9. The number of aromatic amines is 1. The molecule has 1 aromatic carbocycles. The number of aromatic nitrogens is 2. The summed E-state index contributed by atoms with van der Waals surface area (Å²) in [6.07, 6.45) is 0.0387. The molecule has 0 aliphatic carbocycles. The minimum atomic E-state index is -4.55. The van der Waals surface area contributed by atoms with E-state index in [4.69, 9.17) is 0 Å². The summed E-state index contributed by atoms with van der Waals surface area (Å²) in [5, 5.41) is 8.11. The Labute approximate surface area is 155 Å². The fourth-order valence-electron chi connectivity index (χ4n) is 3.40. The summed E-state index contributed by atoms with van der Waals surface area (Å²) in [4.78, 5) is 14.6. The van der Waals surface area contributed by atoms with Gasteiger partial charge in [-0.1, -0.05) is 43.2 Å². The van der Waals surface area contributed by atoms with Crippen LogP contribution < -0.4 is 5.32 Å². The maximum Gasteiger partial charge on any atom is 0.432 e. The molecular formula is C19H23F3N4O. The van der Waals surface area contributed by atoms with Gasteiger partial charge in [0.1, 0.15) is 5.69 Å². The number of alkyl halides is 3. The van der Waals surface area contributed by atoms with Crippen LogP contribution in [0.3, 0.4) is 0 Å². The average Bonchev–Trinajstić information content (AvgIpc) is 3.01. The first kappa shape index (κ1) is 19.4. The number of hydrogen-bond donors (Lipinski definition) is 2. The van der Waals surface area contributed by atoms with Gasteiger partial charge in [0.15, 0.2) is 5.69 Å². The Balaban J connectivity index is 1.70. The van der Waals surface area contributed by atoms with E-state index < -0.39 is 17.8 Å². The van der Waals surface area contributed by atoms with Crippen LogP contribution in [0.5, 0.6) is 0 Å². The molecule has 2 N–H and O–H groups in total. The summed E-state index contributed by atoms with van der Waals surface area (Å²) in [6.45, 7) is 2.20. The van der Waals surface area contributed by atoms with Crippen LogP contribution in [0.25, 0.3) is 0 Å². The Morgan fingerprint density at radius 2 is 1.81 bits per heavy atom. The minimum absolute atomic E-state index is 0.0192. The molecule has 146 valence electrons. The molecule has 1 aliphatic rings. The quantitative estimate of drug-likeness (QED) is 0.830. The van der Waals surface area contributed by atoms with E-state index in [1.165, 1.54) is 12.8 Å². The van der Waals surface area contributed by atoms with Gasteiger partial charge in [0.25, 0.3) is 5.91 Å². The number of amides is 1. The van der Waals surface area contributed by atoms with Crippen LogP contribution in [0.2, 0.25) is 0 Å². The smallest absolute Gasteiger partial charge is 0.349 e. The highest BCUT2D eigenvalue weighted by Gasteiger charge is 2.34. The molecule has 1 amide bonds. The summed E-state index contributed by atoms with van der Waals surface area (Å²) in [7, 11) is 0. The molecule has 2 aromatic rings. The molecule has 1 aromatic heterocycles. The minimum Gasteiger partial charge on any atom is -0.349 e. The normalized spacial score (nSPS) is 17.3. The van der Waals surface area contributed by atoms with Crippen molar-refractivity contribution < 1.29 is 18.0 Å². The second kappa shape index (κ2) is 8.56. The van der Waals surface area contributed by atoms with E-state index in [-0.39, 0.29) is 11.7 Å². The van der Waals surface area contributed by atoms with Gasteiger partial charge in [0.05, 0.1) is 6.04 Å². The monoisotopic (exact) mass is 380 g/mol. The molecular weight excluding hydrogens is 357 g/mol. The fourth-order valence-corrected chi connectivity index (χ4v) is 3.40. The Morgan fingerprint density at radius 3 is 2.41 bits per heavy atom. The highest BCUT2D eigenvalue weighted by Crippen LogP contribution is 2.28. The molecule has 5 nitrogen and oxygen atoms in total. The van der Waals surface area contributed by atoms with Crippen molar-refractivity contribution in [1.82, 2.24) is 20.4 Å². The fraction of sp³-hybridized carbons (Fsp3) is 0.474. The first-order valence-electron chi connectivity index (χ1n) is 9.15. The Morgan fingerprint density at radius 1 is 1.15 bits per heavy atom. The molecule has 0 bridgehead atoms. The van der Waals surface area contributed by atoms with Crippen molar-refractivity contribution in [3.05, 3.63) is 53.3 Å². The molecule has 2 heterocycles. The van der Waals surface area contributed by atoms with Crippen molar-refractivity contribution >= 4 is 5.91 Å². The lowest BCUT2D eigenvalue weighted by Gasteiger charge is -2.31. The average molecular weight is 380 g/mol. The van der Waals surface area contributed by atoms with Crippen LogP contribution in [0, 0.1) is 0 Å². The first-order valence-corrected chi connectivity index (χ1v) is 9.15. The van der Waals surface area contributed by atoms with Crippen LogP contribution in [0.15, 0.2) is 36.4 Å². The number of halogens is 3. The summed E-state index contributed by atoms with van der Waals surface area (Å²) in [6, 6.07) is 10.6. The van der Waals surface area contributed by atoms with E-state index in [1.807, 2.05) is 35.4 Å². The van der Waals surface area contributed by atoms with E-state index >= 15 is 0 Å². The van der Waals surface area contributed by atoms with Gasteiger partial charge in [0, 0.05) is 12.6 Å². The summed E-state index contributed by atoms with van der Waals surface area (Å²) >= 11 is 0. The Kier molecular flexibility index (Phi) is 6.15. The van der Waals surface area contributed by atoms with Gasteiger partial charge in [-0.05, 0) is 31.5 Å². The molecule has 0 saturated carbocycles. The van der Waals surface area contributed by atoms with Crippen molar-refractivity contribution in [2.24, 2.45) is 0 Å². The van der Waals surface area contributed by atoms with Gasteiger partial charge in [-0.15, -0.1) is 0 Å². The maximum atomic E-state index is 12.7. The van der Waals surface area contributed by atoms with Gasteiger partial charge < -0.3 is 5.32 Å². The topological polar surface area (TPSA) is 61.0 Å². The number of hydrogen-bond acceptors (Lipinski definition) is 3. The number of rotatable bonds is 5. The second-order valence-electron chi connectivity index (χ2n) is 6.75.